The van der Waals surface area contributed by atoms with Gasteiger partial charge in [0.1, 0.15) is 0 Å². The van der Waals surface area contributed by atoms with Crippen molar-refractivity contribution in [1.82, 2.24) is 0 Å². The molecule has 79 valence electrons. The molecule has 0 heterocycles. The van der Waals surface area contributed by atoms with Crippen molar-refractivity contribution < 1.29 is 53.7 Å². The number of hydrogen-bond donors (Lipinski definition) is 0. The molecule has 0 bridgehead atoms. The first-order valence-electron chi connectivity index (χ1n) is 1.71. The first-order valence-corrected chi connectivity index (χ1v) is 1.71. The number of rotatable bonds is 0. The van der Waals surface area contributed by atoms with Gasteiger partial charge in [-0.15, -0.1) is 0 Å². The minimum atomic E-state index is 0. The topological polar surface area (TPSA) is 187 Å². The molecule has 0 aromatic carbocycles. The van der Waals surface area contributed by atoms with Crippen molar-refractivity contribution in [2.45, 2.75) is 0 Å². The quantitative estimate of drug-likeness (QED) is 0.313. The molecule has 10 heteroatoms. The van der Waals surface area contributed by atoms with Crippen molar-refractivity contribution in [3.8, 4) is 25.0 Å². The maximum absolute atomic E-state index is 8.24. The van der Waals surface area contributed by atoms with Gasteiger partial charge in [-0.05, 0) is 0 Å². The first-order chi connectivity index (χ1) is 5.66. The zero-order valence-corrected chi connectivity index (χ0v) is 8.10. The molecule has 0 N–H and O–H groups in total. The molecular formula is C4CoN4NiO4. The number of nitriles is 4. The van der Waals surface area contributed by atoms with Crippen molar-refractivity contribution in [2.75, 3.05) is 0 Å². The van der Waals surface area contributed by atoms with Gasteiger partial charge in [-0.2, -0.15) is 0 Å². The van der Waals surface area contributed by atoms with Crippen LogP contribution in [-0.4, -0.2) is 0 Å². The molecule has 0 fully saturated rings. The molecule has 14 heavy (non-hydrogen) atoms. The summed E-state index contributed by atoms with van der Waals surface area (Å²) < 4.78 is 0. The summed E-state index contributed by atoms with van der Waals surface area (Å²) in [4.78, 5) is 0. The van der Waals surface area contributed by atoms with E-state index in [2.05, 4.69) is 0 Å². The van der Waals surface area contributed by atoms with E-state index in [4.69, 9.17) is 41.5 Å². The monoisotopic (exact) mass is 285 g/mol. The molecule has 0 atom stereocenters. The summed E-state index contributed by atoms with van der Waals surface area (Å²) in [5.74, 6) is 0. The summed E-state index contributed by atoms with van der Waals surface area (Å²) >= 11 is 0. The molecule has 0 aliphatic carbocycles. The maximum Gasteiger partial charge on any atom is 2.00 e. The van der Waals surface area contributed by atoms with Gasteiger partial charge in [0.05, 0.1) is 0 Å². The second-order valence-electron chi connectivity index (χ2n) is 0.365. The molecule has 0 spiro atoms. The van der Waals surface area contributed by atoms with Gasteiger partial charge in [-0.25, -0.2) is 21.0 Å². The third-order valence-corrected chi connectivity index (χ3v) is 0. The molecule has 1 radical (unpaired) electrons. The van der Waals surface area contributed by atoms with Crippen LogP contribution in [0.15, 0.2) is 0 Å². The Morgan fingerprint density at radius 1 is 0.571 bits per heavy atom. The normalized spacial score (nSPS) is 2.00. The van der Waals surface area contributed by atoms with E-state index in [1.54, 1.807) is 0 Å². The van der Waals surface area contributed by atoms with Crippen molar-refractivity contribution >= 4 is 0 Å². The Labute approximate surface area is 100.0 Å². The second kappa shape index (κ2) is 247. The standard InChI is InChI=1S/4CHNO.Co.Ni/c4*2-1-3;;/h4*3H;;/q;;;;2*+2/p-4. The van der Waals surface area contributed by atoms with Gasteiger partial charge in [0, 0.05) is 25.0 Å². The van der Waals surface area contributed by atoms with Crippen LogP contribution in [0.4, 0.5) is 0 Å². The zero-order chi connectivity index (χ0) is 10.8. The smallest absolute Gasteiger partial charge is 0.812 e. The van der Waals surface area contributed by atoms with Crippen LogP contribution in [0.1, 0.15) is 0 Å². The molecule has 0 saturated carbocycles. The Hall–Kier alpha value is -1.84. The molecule has 0 aromatic heterocycles. The summed E-state index contributed by atoms with van der Waals surface area (Å²) in [6.45, 7) is 0. The van der Waals surface area contributed by atoms with Crippen LogP contribution in [0, 0.1) is 46.1 Å². The maximum atomic E-state index is 8.24. The van der Waals surface area contributed by atoms with E-state index < -0.39 is 0 Å². The predicted octanol–water partition coefficient (Wildman–Crippen LogP) is -4.69. The van der Waals surface area contributed by atoms with Crippen molar-refractivity contribution in [2.24, 2.45) is 0 Å². The largest absolute Gasteiger partial charge is 2.00 e. The summed E-state index contributed by atoms with van der Waals surface area (Å²) in [5, 5.41) is 60.0. The van der Waals surface area contributed by atoms with Gasteiger partial charge in [0.15, 0.2) is 0 Å². The Balaban J connectivity index is -0.0000000145. The molecule has 0 aromatic rings. The van der Waals surface area contributed by atoms with E-state index in [9.17, 15) is 0 Å². The Morgan fingerprint density at radius 2 is 0.571 bits per heavy atom. The van der Waals surface area contributed by atoms with Gasteiger partial charge >= 0.3 is 33.3 Å². The van der Waals surface area contributed by atoms with Gasteiger partial charge in [0.25, 0.3) is 0 Å². The van der Waals surface area contributed by atoms with Crippen LogP contribution >= 0.6 is 0 Å². The van der Waals surface area contributed by atoms with E-state index in [1.807, 2.05) is 0 Å². The summed E-state index contributed by atoms with van der Waals surface area (Å²) in [6.07, 6.45) is 2.00. The van der Waals surface area contributed by atoms with Crippen LogP contribution in [-0.2, 0) is 33.3 Å². The van der Waals surface area contributed by atoms with E-state index in [0.29, 0.717) is 25.0 Å². The number of nitrogens with zero attached hydrogens (tertiary/aromatic N) is 4. The van der Waals surface area contributed by atoms with Crippen LogP contribution in [0.25, 0.3) is 0 Å². The Bertz CT molecular complexity index is 163. The van der Waals surface area contributed by atoms with Crippen LogP contribution in [0.3, 0.4) is 0 Å². The Morgan fingerprint density at radius 3 is 0.571 bits per heavy atom. The summed E-state index contributed by atoms with van der Waals surface area (Å²) in [7, 11) is 0. The van der Waals surface area contributed by atoms with Gasteiger partial charge in [-0.3, -0.25) is 0 Å². The van der Waals surface area contributed by atoms with Crippen LogP contribution in [0.5, 0.6) is 0 Å². The van der Waals surface area contributed by atoms with E-state index in [0.717, 1.165) is 0 Å². The first kappa shape index (κ1) is 39.9. The third-order valence-electron chi connectivity index (χ3n) is 0. The van der Waals surface area contributed by atoms with E-state index in [1.165, 1.54) is 0 Å². The van der Waals surface area contributed by atoms with Gasteiger partial charge < -0.3 is 20.4 Å². The van der Waals surface area contributed by atoms with E-state index >= 15 is 0 Å². The molecular weight excluding hydrogens is 286 g/mol. The van der Waals surface area contributed by atoms with Crippen LogP contribution in [0.2, 0.25) is 0 Å². The minimum Gasteiger partial charge on any atom is -0.812 e. The van der Waals surface area contributed by atoms with Gasteiger partial charge in [0.2, 0.25) is 0 Å². The molecule has 0 saturated heterocycles. The fraction of sp³-hybridized carbons (Fsp3) is 0. The molecule has 0 aliphatic rings. The molecule has 0 amide bonds. The molecule has 0 rings (SSSR count). The molecule has 0 unspecified atom stereocenters. The van der Waals surface area contributed by atoms with Gasteiger partial charge in [-0.1, -0.05) is 0 Å². The van der Waals surface area contributed by atoms with Crippen LogP contribution < -0.4 is 20.4 Å². The van der Waals surface area contributed by atoms with Crippen molar-refractivity contribution in [3.05, 3.63) is 0 Å². The van der Waals surface area contributed by atoms with E-state index in [-0.39, 0.29) is 33.3 Å². The zero-order valence-electron chi connectivity index (χ0n) is 6.07. The SMILES string of the molecule is N#C[O-].N#C[O-].N#C[O-].N#C[O-].[Co+2].[Ni+2]. The average Bonchev–Trinajstić information content (AvgIpc) is 1.92. The average molecular weight is 286 g/mol. The van der Waals surface area contributed by atoms with Crippen molar-refractivity contribution in [1.29, 1.82) is 21.0 Å². The second-order valence-corrected chi connectivity index (χ2v) is 0.365. The fourth-order valence-corrected chi connectivity index (χ4v) is 0. The van der Waals surface area contributed by atoms with Crippen molar-refractivity contribution in [3.63, 3.8) is 0 Å². The third kappa shape index (κ3) is 252. The Kier molecular flexibility index (Phi) is 704. The predicted molar refractivity (Wildman–Crippen MR) is 22.5 cm³/mol. The summed E-state index contributed by atoms with van der Waals surface area (Å²) in [6, 6.07) is 0. The molecule has 8 nitrogen and oxygen atoms in total. The fourth-order valence-electron chi connectivity index (χ4n) is 0. The minimum absolute atomic E-state index is 0. The number of hydrogen-bond acceptors (Lipinski definition) is 8. The summed E-state index contributed by atoms with van der Waals surface area (Å²) in [5.41, 5.74) is 0. The molecule has 0 aliphatic heterocycles.